The molecule has 0 aliphatic heterocycles. The maximum atomic E-state index is 11.7. The van der Waals surface area contributed by atoms with Gasteiger partial charge in [-0.3, -0.25) is 9.59 Å². The van der Waals surface area contributed by atoms with Crippen molar-refractivity contribution in [3.63, 3.8) is 0 Å². The third kappa shape index (κ3) is 5.48. The normalized spacial score (nSPS) is 9.83. The maximum Gasteiger partial charge on any atom is 0.251 e. The molecule has 2 N–H and O–H groups in total. The molecule has 0 heterocycles. The highest BCUT2D eigenvalue weighted by atomic mass is 16.2. The summed E-state index contributed by atoms with van der Waals surface area (Å²) in [5, 5.41) is 5.45. The summed E-state index contributed by atoms with van der Waals surface area (Å²) >= 11 is 0. The number of benzene rings is 1. The number of rotatable bonds is 7. The third-order valence-electron chi connectivity index (χ3n) is 2.68. The van der Waals surface area contributed by atoms with Crippen molar-refractivity contribution >= 4 is 11.8 Å². The summed E-state index contributed by atoms with van der Waals surface area (Å²) in [4.78, 5) is 22.6. The highest BCUT2D eigenvalue weighted by molar-refractivity contribution is 5.94. The Morgan fingerprint density at radius 1 is 1.06 bits per heavy atom. The van der Waals surface area contributed by atoms with Crippen molar-refractivity contribution < 1.29 is 9.59 Å². The average molecular weight is 248 g/mol. The van der Waals surface area contributed by atoms with Crippen LogP contribution in [0.3, 0.4) is 0 Å². The molecular formula is C14H20N2O2. The Labute approximate surface area is 108 Å². The lowest BCUT2D eigenvalue weighted by Gasteiger charge is -2.05. The van der Waals surface area contributed by atoms with Crippen molar-refractivity contribution in [2.24, 2.45) is 0 Å². The SMILES string of the molecule is CNC(=O)CCCCCNC(=O)c1ccccc1. The zero-order chi connectivity index (χ0) is 13.2. The summed E-state index contributed by atoms with van der Waals surface area (Å²) in [5.74, 6) is 0.0326. The molecule has 0 atom stereocenters. The molecular weight excluding hydrogens is 228 g/mol. The van der Waals surface area contributed by atoms with Crippen molar-refractivity contribution in [2.75, 3.05) is 13.6 Å². The second kappa shape index (κ2) is 8.28. The Morgan fingerprint density at radius 2 is 1.78 bits per heavy atom. The van der Waals surface area contributed by atoms with Crippen LogP contribution in [0.4, 0.5) is 0 Å². The Bertz CT molecular complexity index is 377. The van der Waals surface area contributed by atoms with E-state index in [0.29, 0.717) is 18.5 Å². The molecule has 1 rings (SSSR count). The number of carbonyl (C=O) groups excluding carboxylic acids is 2. The van der Waals surface area contributed by atoms with E-state index in [0.717, 1.165) is 19.3 Å². The fraction of sp³-hybridized carbons (Fsp3) is 0.429. The van der Waals surface area contributed by atoms with Crippen LogP contribution >= 0.6 is 0 Å². The fourth-order valence-electron chi connectivity index (χ4n) is 1.61. The summed E-state index contributed by atoms with van der Waals surface area (Å²) in [6, 6.07) is 9.16. The van der Waals surface area contributed by atoms with Gasteiger partial charge >= 0.3 is 0 Å². The molecule has 98 valence electrons. The number of hydrogen-bond donors (Lipinski definition) is 2. The monoisotopic (exact) mass is 248 g/mol. The summed E-state index contributed by atoms with van der Waals surface area (Å²) in [5.41, 5.74) is 0.683. The first-order chi connectivity index (χ1) is 8.74. The predicted octanol–water partition coefficient (Wildman–Crippen LogP) is 1.72. The quantitative estimate of drug-likeness (QED) is 0.722. The van der Waals surface area contributed by atoms with Crippen LogP contribution in [0.1, 0.15) is 36.0 Å². The van der Waals surface area contributed by atoms with Crippen molar-refractivity contribution in [3.8, 4) is 0 Å². The molecule has 0 saturated carbocycles. The number of amides is 2. The molecule has 0 radical (unpaired) electrons. The van der Waals surface area contributed by atoms with Crippen LogP contribution in [0, 0.1) is 0 Å². The first-order valence-electron chi connectivity index (χ1n) is 6.28. The summed E-state index contributed by atoms with van der Waals surface area (Å²) in [6.45, 7) is 0.654. The largest absolute Gasteiger partial charge is 0.359 e. The minimum Gasteiger partial charge on any atom is -0.359 e. The van der Waals surface area contributed by atoms with E-state index in [1.807, 2.05) is 18.2 Å². The molecule has 0 bridgehead atoms. The van der Waals surface area contributed by atoms with Gasteiger partial charge in [0.2, 0.25) is 5.91 Å². The zero-order valence-electron chi connectivity index (χ0n) is 10.7. The highest BCUT2D eigenvalue weighted by Crippen LogP contribution is 2.00. The first kappa shape index (κ1) is 14.2. The van der Waals surface area contributed by atoms with E-state index in [1.165, 1.54) is 0 Å². The smallest absolute Gasteiger partial charge is 0.251 e. The Kier molecular flexibility index (Phi) is 6.54. The van der Waals surface area contributed by atoms with Gasteiger partial charge in [0.1, 0.15) is 0 Å². The number of unbranched alkanes of at least 4 members (excludes halogenated alkanes) is 2. The van der Waals surface area contributed by atoms with Gasteiger partial charge in [0.25, 0.3) is 5.91 Å². The van der Waals surface area contributed by atoms with E-state index in [2.05, 4.69) is 10.6 Å². The van der Waals surface area contributed by atoms with E-state index in [9.17, 15) is 9.59 Å². The topological polar surface area (TPSA) is 58.2 Å². The molecule has 0 aromatic heterocycles. The standard InChI is InChI=1S/C14H20N2O2/c1-15-13(17)10-6-3-7-11-16-14(18)12-8-4-2-5-9-12/h2,4-5,8-9H,3,6-7,10-11H2,1H3,(H,15,17)(H,16,18). The molecule has 4 nitrogen and oxygen atoms in total. The summed E-state index contributed by atoms with van der Waals surface area (Å²) in [7, 11) is 1.64. The molecule has 1 aromatic rings. The molecule has 0 spiro atoms. The molecule has 0 aliphatic rings. The van der Waals surface area contributed by atoms with Crippen LogP contribution in [-0.2, 0) is 4.79 Å². The number of nitrogens with one attached hydrogen (secondary N) is 2. The van der Waals surface area contributed by atoms with Crippen molar-refractivity contribution in [3.05, 3.63) is 35.9 Å². The van der Waals surface area contributed by atoms with Crippen molar-refractivity contribution in [1.29, 1.82) is 0 Å². The van der Waals surface area contributed by atoms with Crippen LogP contribution in [0.5, 0.6) is 0 Å². The minimum atomic E-state index is -0.0399. The highest BCUT2D eigenvalue weighted by Gasteiger charge is 2.03. The lowest BCUT2D eigenvalue weighted by molar-refractivity contribution is -0.120. The van der Waals surface area contributed by atoms with Crippen LogP contribution in [-0.4, -0.2) is 25.4 Å². The van der Waals surface area contributed by atoms with Crippen LogP contribution < -0.4 is 10.6 Å². The van der Waals surface area contributed by atoms with Gasteiger partial charge in [-0.05, 0) is 25.0 Å². The zero-order valence-corrected chi connectivity index (χ0v) is 10.7. The van der Waals surface area contributed by atoms with Gasteiger partial charge in [0.05, 0.1) is 0 Å². The van der Waals surface area contributed by atoms with Gasteiger partial charge in [-0.2, -0.15) is 0 Å². The van der Waals surface area contributed by atoms with E-state index < -0.39 is 0 Å². The molecule has 18 heavy (non-hydrogen) atoms. The van der Waals surface area contributed by atoms with E-state index >= 15 is 0 Å². The summed E-state index contributed by atoms with van der Waals surface area (Å²) < 4.78 is 0. The molecule has 0 fully saturated rings. The van der Waals surface area contributed by atoms with E-state index in [4.69, 9.17) is 0 Å². The Hall–Kier alpha value is -1.84. The van der Waals surface area contributed by atoms with Gasteiger partial charge in [0, 0.05) is 25.6 Å². The lowest BCUT2D eigenvalue weighted by Crippen LogP contribution is -2.24. The Balaban J connectivity index is 2.08. The van der Waals surface area contributed by atoms with Gasteiger partial charge in [-0.15, -0.1) is 0 Å². The number of carbonyl (C=O) groups is 2. The van der Waals surface area contributed by atoms with Gasteiger partial charge < -0.3 is 10.6 Å². The number of hydrogen-bond acceptors (Lipinski definition) is 2. The van der Waals surface area contributed by atoms with Gasteiger partial charge in [0.15, 0.2) is 0 Å². The maximum absolute atomic E-state index is 11.7. The van der Waals surface area contributed by atoms with Gasteiger partial charge in [-0.25, -0.2) is 0 Å². The van der Waals surface area contributed by atoms with Crippen LogP contribution in [0.2, 0.25) is 0 Å². The average Bonchev–Trinajstić information content (AvgIpc) is 2.43. The van der Waals surface area contributed by atoms with E-state index in [1.54, 1.807) is 19.2 Å². The third-order valence-corrected chi connectivity index (χ3v) is 2.68. The predicted molar refractivity (Wildman–Crippen MR) is 71.3 cm³/mol. The fourth-order valence-corrected chi connectivity index (χ4v) is 1.61. The summed E-state index contributed by atoms with van der Waals surface area (Å²) in [6.07, 6.45) is 3.27. The molecule has 4 heteroatoms. The molecule has 0 saturated heterocycles. The molecule has 1 aromatic carbocycles. The Morgan fingerprint density at radius 3 is 2.44 bits per heavy atom. The van der Waals surface area contributed by atoms with E-state index in [-0.39, 0.29) is 11.8 Å². The first-order valence-corrected chi connectivity index (χ1v) is 6.28. The minimum absolute atomic E-state index is 0.0399. The van der Waals surface area contributed by atoms with Gasteiger partial charge in [-0.1, -0.05) is 24.6 Å². The second-order valence-electron chi connectivity index (χ2n) is 4.11. The van der Waals surface area contributed by atoms with Crippen molar-refractivity contribution in [2.45, 2.75) is 25.7 Å². The van der Waals surface area contributed by atoms with Crippen molar-refractivity contribution in [1.82, 2.24) is 10.6 Å². The lowest BCUT2D eigenvalue weighted by atomic mass is 10.1. The molecule has 0 unspecified atom stereocenters. The second-order valence-corrected chi connectivity index (χ2v) is 4.11. The molecule has 0 aliphatic carbocycles. The van der Waals surface area contributed by atoms with Crippen LogP contribution in [0.15, 0.2) is 30.3 Å². The van der Waals surface area contributed by atoms with Crippen LogP contribution in [0.25, 0.3) is 0 Å². The molecule has 2 amide bonds.